The molecule has 22 nitrogen and oxygen atoms in total. The van der Waals surface area contributed by atoms with Gasteiger partial charge in [-0.2, -0.15) is 0 Å². The van der Waals surface area contributed by atoms with Crippen LogP contribution in [0.2, 0.25) is 0 Å². The van der Waals surface area contributed by atoms with E-state index in [4.69, 9.17) is 52.1 Å². The van der Waals surface area contributed by atoms with Gasteiger partial charge < -0.3 is 61.2 Å². The highest BCUT2D eigenvalue weighted by Gasteiger charge is 2.43. The first-order chi connectivity index (χ1) is 70.1. The van der Waals surface area contributed by atoms with Crippen LogP contribution >= 0.6 is 0 Å². The SMILES string of the molecule is O=C(OCc1ccccc1)c1ccc2c(c1)Oc1cc(-n3c4ccc(-c5ccc6c(c5)c5cc(C(=O)OCc7ccccc7)c(C(=O)OCc7ccccc7)cc5n6-c5cc(C(=O)OCc6ccccc6)c(C(=O)OCc6ccccc6)c(C(=O)OCc6ccccc6)c5)cc4c4cc(C(=O)OCc5ccccc5)c(C(=O)OCc5ccccc5)cc43)cc3c1B2c1ccc(C(=O)OCc2ccccc2)cc1O3. The van der Waals surface area contributed by atoms with E-state index in [9.17, 15) is 9.59 Å². The quantitative estimate of drug-likeness (QED) is 0.0230. The molecule has 2 aliphatic rings. The highest BCUT2D eigenvalue weighted by Crippen LogP contribution is 2.45. The van der Waals surface area contributed by atoms with E-state index >= 15 is 33.6 Å². The van der Waals surface area contributed by atoms with Crippen molar-refractivity contribution in [3.05, 3.63) is 494 Å². The van der Waals surface area contributed by atoms with Crippen LogP contribution in [0, 0.1) is 0 Å². The Bertz CT molecular complexity index is 7980. The standard InChI is InChI=1S/C120H83BN2O20/c124-112(133-66-75-28-10-1-11-29-75)86-46-50-100-106(56-86)142-108-60-89(61-109-111(108)121(100)101-51-47-87(57-107(101)143-109)113(125)134-67-76-30-12-2-13-31-76)123-103-53-49-85(55-91(103)93-63-95(115(127)136-69-78-34-16-4-17-35-78)97(65-105(93)123)117(129)138-71-80-38-20-6-21-39-80)84-48-52-102-90(54-84)92-62-94(114(126)135-68-77-32-14-3-15-33-77)96(116(128)137-70-79-36-18-5-19-37-79)64-104(92)122(102)88-58-98(118(130)139-72-81-40-22-7-23-41-81)110(120(132)141-74-83-44-26-9-27-45-83)99(59-88)119(131)140-73-82-42-24-8-25-43-82/h1-65H,66-74H2. The fraction of sp³-hybridized carbons (Fsp3) is 0.0750. The molecule has 4 heterocycles. The lowest BCUT2D eigenvalue weighted by molar-refractivity contribution is 0.0404. The van der Waals surface area contributed by atoms with Crippen molar-refractivity contribution in [2.75, 3.05) is 0 Å². The number of aromatic nitrogens is 2. The molecule has 0 N–H and O–H groups in total. The van der Waals surface area contributed by atoms with Crippen molar-refractivity contribution in [2.24, 2.45) is 0 Å². The van der Waals surface area contributed by atoms with E-state index < -0.39 is 77.1 Å². The first-order valence-electron chi connectivity index (χ1n) is 46.2. The van der Waals surface area contributed by atoms with Crippen molar-refractivity contribution >= 4 is 120 Å². The van der Waals surface area contributed by atoms with Gasteiger partial charge in [-0.05, 0) is 157 Å². The second kappa shape index (κ2) is 40.5. The van der Waals surface area contributed by atoms with Gasteiger partial charge in [0, 0.05) is 44.8 Å². The van der Waals surface area contributed by atoms with Crippen LogP contribution in [-0.4, -0.2) is 69.6 Å². The van der Waals surface area contributed by atoms with Gasteiger partial charge in [0.1, 0.15) is 82.5 Å². The molecule has 0 aliphatic carbocycles. The van der Waals surface area contributed by atoms with Crippen LogP contribution in [0.4, 0.5) is 0 Å². The Balaban J connectivity index is 0.773. The summed E-state index contributed by atoms with van der Waals surface area (Å²) in [5.74, 6) is -6.59. The summed E-state index contributed by atoms with van der Waals surface area (Å²) in [5.41, 5.74) is 9.45. The second-order valence-corrected chi connectivity index (χ2v) is 34.4. The number of carbonyl (C=O) groups excluding carboxylic acids is 9. The van der Waals surface area contributed by atoms with Crippen molar-refractivity contribution < 1.29 is 95.3 Å². The van der Waals surface area contributed by atoms with Crippen LogP contribution in [0.15, 0.2) is 394 Å². The Labute approximate surface area is 819 Å². The third kappa shape index (κ3) is 19.3. The largest absolute Gasteiger partial charge is 0.458 e. The van der Waals surface area contributed by atoms with Crippen LogP contribution in [-0.2, 0) is 102 Å². The van der Waals surface area contributed by atoms with E-state index in [2.05, 4.69) is 0 Å². The highest BCUT2D eigenvalue weighted by molar-refractivity contribution is 6.98. The second-order valence-electron chi connectivity index (χ2n) is 34.4. The van der Waals surface area contributed by atoms with E-state index in [-0.39, 0.29) is 104 Å². The average molecular weight is 1880 g/mol. The molecule has 0 spiro atoms. The van der Waals surface area contributed by atoms with E-state index in [1.54, 1.807) is 174 Å². The molecule has 0 radical (unpaired) electrons. The van der Waals surface area contributed by atoms with Crippen molar-refractivity contribution in [3.63, 3.8) is 0 Å². The van der Waals surface area contributed by atoms with Crippen LogP contribution in [0.25, 0.3) is 66.1 Å². The lowest BCUT2D eigenvalue weighted by atomic mass is 9.35. The number of nitrogens with zero attached hydrogens (tertiary/aromatic N) is 2. The maximum Gasteiger partial charge on any atom is 0.340 e. The molecular formula is C120H83BN2O20. The number of fused-ring (bicyclic) bond motifs is 10. The number of benzene rings is 17. The van der Waals surface area contributed by atoms with E-state index in [1.165, 1.54) is 18.2 Å². The number of carbonyl (C=O) groups is 9. The highest BCUT2D eigenvalue weighted by atomic mass is 16.6. The summed E-state index contributed by atoms with van der Waals surface area (Å²) >= 11 is 0. The van der Waals surface area contributed by atoms with Gasteiger partial charge in [-0.1, -0.05) is 297 Å². The van der Waals surface area contributed by atoms with Crippen LogP contribution in [0.5, 0.6) is 23.0 Å². The molecule has 0 saturated heterocycles. The zero-order valence-electron chi connectivity index (χ0n) is 76.5. The minimum absolute atomic E-state index is 0.00115. The molecule has 21 rings (SSSR count). The summed E-state index contributed by atoms with van der Waals surface area (Å²) in [6, 6.07) is 116. The van der Waals surface area contributed by atoms with Gasteiger partial charge in [-0.25, -0.2) is 43.2 Å². The van der Waals surface area contributed by atoms with E-state index in [1.807, 2.05) is 211 Å². The number of hydrogen-bond acceptors (Lipinski definition) is 20. The molecule has 2 aliphatic heterocycles. The van der Waals surface area contributed by atoms with Gasteiger partial charge in [-0.3, -0.25) is 0 Å². The van der Waals surface area contributed by atoms with Gasteiger partial charge in [0.05, 0.1) is 77.8 Å². The zero-order valence-corrected chi connectivity index (χ0v) is 76.5. The summed E-state index contributed by atoms with van der Waals surface area (Å²) in [6.07, 6.45) is 0. The summed E-state index contributed by atoms with van der Waals surface area (Å²) in [5, 5.41) is 1.70. The van der Waals surface area contributed by atoms with E-state index in [0.29, 0.717) is 133 Å². The Morgan fingerprint density at radius 3 is 0.741 bits per heavy atom. The minimum atomic E-state index is -1.06. The average Bonchev–Trinajstić information content (AvgIpc) is 1.57. The van der Waals surface area contributed by atoms with Gasteiger partial charge >= 0.3 is 53.7 Å². The third-order valence-electron chi connectivity index (χ3n) is 25.2. The Morgan fingerprint density at radius 1 is 0.210 bits per heavy atom. The minimum Gasteiger partial charge on any atom is -0.458 e. The summed E-state index contributed by atoms with van der Waals surface area (Å²) < 4.78 is 72.6. The molecule has 0 amide bonds. The first-order valence-corrected chi connectivity index (χ1v) is 46.2. The van der Waals surface area contributed by atoms with Gasteiger partial charge in [0.25, 0.3) is 6.71 Å². The molecule has 0 unspecified atom stereocenters. The van der Waals surface area contributed by atoms with Gasteiger partial charge in [0.15, 0.2) is 0 Å². The molecule has 23 heteroatoms. The Kier molecular flexibility index (Phi) is 25.7. The molecule has 17 aromatic carbocycles. The van der Waals surface area contributed by atoms with Gasteiger partial charge in [-0.15, -0.1) is 0 Å². The third-order valence-corrected chi connectivity index (χ3v) is 25.2. The first kappa shape index (κ1) is 90.7. The molecule has 0 atom stereocenters. The Morgan fingerprint density at radius 2 is 0.455 bits per heavy atom. The number of hydrogen-bond donors (Lipinski definition) is 0. The number of rotatable bonds is 30. The van der Waals surface area contributed by atoms with Crippen LogP contribution in [0.1, 0.15) is 143 Å². The predicted molar refractivity (Wildman–Crippen MR) is 538 cm³/mol. The molecule has 19 aromatic rings. The number of esters is 9. The molecule has 696 valence electrons. The molecule has 143 heavy (non-hydrogen) atoms. The molecule has 2 aromatic heterocycles. The topological polar surface area (TPSA) is 265 Å². The fourth-order valence-electron chi connectivity index (χ4n) is 18.1. The lowest BCUT2D eigenvalue weighted by Crippen LogP contribution is -2.57. The zero-order chi connectivity index (χ0) is 97.4. The molecule has 0 saturated carbocycles. The normalized spacial score (nSPS) is 11.5. The fourth-order valence-corrected chi connectivity index (χ4v) is 18.1. The molecule has 0 bridgehead atoms. The van der Waals surface area contributed by atoms with Crippen molar-refractivity contribution in [3.8, 4) is 45.5 Å². The van der Waals surface area contributed by atoms with E-state index in [0.717, 1.165) is 11.1 Å². The number of ether oxygens (including phenoxy) is 11. The maximum absolute atomic E-state index is 15.5. The lowest BCUT2D eigenvalue weighted by Gasteiger charge is -2.33. The van der Waals surface area contributed by atoms with Crippen LogP contribution < -0.4 is 25.9 Å². The smallest absolute Gasteiger partial charge is 0.340 e. The summed E-state index contributed by atoms with van der Waals surface area (Å²) in [7, 11) is 0. The van der Waals surface area contributed by atoms with Crippen molar-refractivity contribution in [1.29, 1.82) is 0 Å². The summed E-state index contributed by atoms with van der Waals surface area (Å²) in [6.45, 7) is -2.20. The maximum atomic E-state index is 15.5. The van der Waals surface area contributed by atoms with Crippen LogP contribution in [0.3, 0.4) is 0 Å². The molecule has 0 fully saturated rings. The van der Waals surface area contributed by atoms with Crippen molar-refractivity contribution in [1.82, 2.24) is 9.13 Å². The summed E-state index contributed by atoms with van der Waals surface area (Å²) in [4.78, 5) is 136. The van der Waals surface area contributed by atoms with Crippen molar-refractivity contribution in [2.45, 2.75) is 59.5 Å². The van der Waals surface area contributed by atoms with Gasteiger partial charge in [0.2, 0.25) is 0 Å². The predicted octanol–water partition coefficient (Wildman–Crippen LogP) is 22.5. The molecular weight excluding hydrogens is 1800 g/mol. The monoisotopic (exact) mass is 1880 g/mol. The Hall–Kier alpha value is -18.8.